The number of carbonyl (C=O) groups excluding carboxylic acids is 3. The zero-order chi connectivity index (χ0) is 38.8. The fourth-order valence-corrected chi connectivity index (χ4v) is 10.5. The summed E-state index contributed by atoms with van der Waals surface area (Å²) in [6.07, 6.45) is 7.40. The summed E-state index contributed by atoms with van der Waals surface area (Å²) in [7, 11) is 0. The number of hydrogen-bond acceptors (Lipinski definition) is 7. The molecule has 2 saturated carbocycles. The molecule has 0 spiro atoms. The molecule has 7 unspecified atom stereocenters. The molecule has 2 N–H and O–H groups in total. The van der Waals surface area contributed by atoms with Crippen molar-refractivity contribution in [1.82, 2.24) is 4.90 Å². The summed E-state index contributed by atoms with van der Waals surface area (Å²) in [4.78, 5) is 44.4. The van der Waals surface area contributed by atoms with Crippen LogP contribution >= 0.6 is 0 Å². The molecule has 4 fully saturated rings. The normalized spacial score (nSPS) is 34.6. The number of rotatable bonds is 7. The number of esters is 1. The molecule has 10 heteroatoms. The molecule has 292 valence electrons. The van der Waals surface area contributed by atoms with Gasteiger partial charge in [-0.05, 0) is 126 Å². The van der Waals surface area contributed by atoms with Crippen LogP contribution in [0.25, 0.3) is 0 Å². The van der Waals surface area contributed by atoms with Crippen LogP contribution in [-0.2, 0) is 25.5 Å². The highest BCUT2D eigenvalue weighted by molar-refractivity contribution is 6.10. The summed E-state index contributed by atoms with van der Waals surface area (Å²) in [6.45, 7) is 10.7. The lowest BCUT2D eigenvalue weighted by Crippen LogP contribution is -2.61. The predicted octanol–water partition coefficient (Wildman–Crippen LogP) is 7.36. The van der Waals surface area contributed by atoms with Gasteiger partial charge in [-0.1, -0.05) is 44.6 Å². The highest BCUT2D eigenvalue weighted by atomic mass is 19.2. The summed E-state index contributed by atoms with van der Waals surface area (Å²) >= 11 is 0. The van der Waals surface area contributed by atoms with E-state index in [1.165, 1.54) is 6.07 Å². The molecule has 0 aromatic heterocycles. The Morgan fingerprint density at radius 1 is 0.963 bits per heavy atom. The first kappa shape index (κ1) is 38.8. The Bertz CT molecular complexity index is 1870. The molecule has 2 aromatic carbocycles. The van der Waals surface area contributed by atoms with Crippen LogP contribution in [0.1, 0.15) is 132 Å². The lowest BCUT2D eigenvalue weighted by atomic mass is 9.64. The van der Waals surface area contributed by atoms with E-state index in [2.05, 4.69) is 6.08 Å². The zero-order valence-corrected chi connectivity index (χ0v) is 32.3. The Morgan fingerprint density at radius 2 is 1.74 bits per heavy atom. The number of hydrogen-bond donors (Lipinski definition) is 2. The Hall–Kier alpha value is -3.47. The van der Waals surface area contributed by atoms with Gasteiger partial charge in [-0.25, -0.2) is 8.78 Å². The van der Waals surface area contributed by atoms with Gasteiger partial charge in [0.15, 0.2) is 23.0 Å². The van der Waals surface area contributed by atoms with Gasteiger partial charge in [0.05, 0.1) is 29.8 Å². The number of ketones is 1. The van der Waals surface area contributed by atoms with Gasteiger partial charge in [0.1, 0.15) is 0 Å². The van der Waals surface area contributed by atoms with Gasteiger partial charge in [-0.3, -0.25) is 14.4 Å². The summed E-state index contributed by atoms with van der Waals surface area (Å²) < 4.78 is 40.6. The van der Waals surface area contributed by atoms with E-state index < -0.39 is 51.0 Å². The predicted molar refractivity (Wildman–Crippen MR) is 199 cm³/mol. The molecule has 4 bridgehead atoms. The number of fused-ring (bicyclic) bond motifs is 10. The van der Waals surface area contributed by atoms with E-state index in [1.54, 1.807) is 11.0 Å². The highest BCUT2D eigenvalue weighted by Gasteiger charge is 2.76. The zero-order valence-electron chi connectivity index (χ0n) is 32.3. The van der Waals surface area contributed by atoms with Crippen molar-refractivity contribution in [3.05, 3.63) is 81.9 Å². The Morgan fingerprint density at radius 3 is 2.41 bits per heavy atom. The molecule has 54 heavy (non-hydrogen) atoms. The van der Waals surface area contributed by atoms with Crippen LogP contribution in [0.4, 0.5) is 8.78 Å². The number of aliphatic hydroxyl groups is 2. The fourth-order valence-electron chi connectivity index (χ4n) is 10.5. The third-order valence-corrected chi connectivity index (χ3v) is 14.7. The summed E-state index contributed by atoms with van der Waals surface area (Å²) in [5.41, 5.74) is -2.32. The average molecular weight is 748 g/mol. The first-order chi connectivity index (χ1) is 25.4. The van der Waals surface area contributed by atoms with Gasteiger partial charge in [0, 0.05) is 35.1 Å². The van der Waals surface area contributed by atoms with E-state index in [4.69, 9.17) is 9.47 Å². The number of amides is 1. The number of benzene rings is 2. The maximum atomic E-state index is 15.1. The molecule has 1 amide bonds. The molecule has 2 aromatic rings. The largest absolute Gasteiger partial charge is 0.448 e. The van der Waals surface area contributed by atoms with Crippen molar-refractivity contribution < 1.29 is 42.9 Å². The van der Waals surface area contributed by atoms with Gasteiger partial charge in [0.25, 0.3) is 5.91 Å². The molecule has 8 nitrogen and oxygen atoms in total. The van der Waals surface area contributed by atoms with E-state index >= 15 is 4.79 Å². The van der Waals surface area contributed by atoms with Crippen LogP contribution in [0.2, 0.25) is 0 Å². The van der Waals surface area contributed by atoms with Crippen molar-refractivity contribution in [1.29, 1.82) is 0 Å². The first-order valence-corrected chi connectivity index (χ1v) is 19.8. The van der Waals surface area contributed by atoms with Crippen LogP contribution in [0.5, 0.6) is 0 Å². The van der Waals surface area contributed by atoms with Crippen LogP contribution in [-0.4, -0.2) is 75.9 Å². The third kappa shape index (κ3) is 6.15. The molecule has 0 radical (unpaired) electrons. The van der Waals surface area contributed by atoms with E-state index in [0.29, 0.717) is 75.5 Å². The monoisotopic (exact) mass is 747 g/mol. The van der Waals surface area contributed by atoms with Crippen molar-refractivity contribution in [2.45, 2.75) is 135 Å². The van der Waals surface area contributed by atoms with Gasteiger partial charge >= 0.3 is 5.97 Å². The second-order valence-electron chi connectivity index (χ2n) is 17.9. The standard InChI is InChI=1S/C44H55F2NO7/c1-27-8-6-17-41(4)34(32-14-11-28(22-30(48)13-10-27)23-33(32)37(49)29-12-15-35(45)36(46)24-29)16-18-43(41,52)26-47(25-31-9-7-21-53-31)38(50)44-20-19-42(5,39(51)54-44)40(44,2)3/h8,11-12,14-15,23-24,30-31,34,48,52H,6-7,9-10,13,16-22,25-26H2,1-5H3. The molecule has 2 saturated heterocycles. The Labute approximate surface area is 317 Å². The molecule has 7 atom stereocenters. The lowest BCUT2D eigenvalue weighted by molar-refractivity contribution is -0.178. The number of nitrogens with zero attached hydrogens (tertiary/aromatic N) is 1. The van der Waals surface area contributed by atoms with Crippen LogP contribution < -0.4 is 0 Å². The van der Waals surface area contributed by atoms with Gasteiger partial charge < -0.3 is 24.6 Å². The number of ether oxygens (including phenoxy) is 2. The summed E-state index contributed by atoms with van der Waals surface area (Å²) in [6, 6.07) is 8.70. The van der Waals surface area contributed by atoms with Crippen molar-refractivity contribution >= 4 is 17.7 Å². The number of aliphatic hydroxyl groups excluding tert-OH is 1. The van der Waals surface area contributed by atoms with Gasteiger partial charge in [-0.2, -0.15) is 0 Å². The molecule has 6 aliphatic rings. The maximum Gasteiger partial charge on any atom is 0.313 e. The van der Waals surface area contributed by atoms with Crippen molar-refractivity contribution in [3.63, 3.8) is 0 Å². The molecule has 2 aliphatic heterocycles. The quantitative estimate of drug-likeness (QED) is 0.173. The second kappa shape index (κ2) is 13.9. The third-order valence-electron chi connectivity index (χ3n) is 14.7. The van der Waals surface area contributed by atoms with Gasteiger partial charge in [0.2, 0.25) is 0 Å². The molecule has 2 heterocycles. The fraction of sp³-hybridized carbons (Fsp3) is 0.614. The molecule has 4 aliphatic carbocycles. The van der Waals surface area contributed by atoms with Crippen LogP contribution in [0.3, 0.4) is 0 Å². The van der Waals surface area contributed by atoms with E-state index in [9.17, 15) is 28.6 Å². The smallest absolute Gasteiger partial charge is 0.313 e. The number of carbonyl (C=O) groups is 3. The minimum Gasteiger partial charge on any atom is -0.448 e. The lowest BCUT2D eigenvalue weighted by Gasteiger charge is -2.48. The van der Waals surface area contributed by atoms with E-state index in [0.717, 1.165) is 36.1 Å². The van der Waals surface area contributed by atoms with Crippen molar-refractivity contribution in [3.8, 4) is 0 Å². The molecule has 8 rings (SSSR count). The van der Waals surface area contributed by atoms with E-state index in [1.807, 2.05) is 46.8 Å². The van der Waals surface area contributed by atoms with Crippen LogP contribution in [0, 0.1) is 27.9 Å². The first-order valence-electron chi connectivity index (χ1n) is 19.8. The minimum atomic E-state index is -1.42. The Balaban J connectivity index is 1.31. The molecular formula is C44H55F2NO7. The van der Waals surface area contributed by atoms with Crippen molar-refractivity contribution in [2.75, 3.05) is 19.7 Å². The topological polar surface area (TPSA) is 113 Å². The number of halogens is 2. The Kier molecular flexibility index (Phi) is 10.0. The van der Waals surface area contributed by atoms with E-state index in [-0.39, 0.29) is 42.6 Å². The second-order valence-corrected chi connectivity index (χ2v) is 17.9. The summed E-state index contributed by atoms with van der Waals surface area (Å²) in [5, 5.41) is 24.1. The van der Waals surface area contributed by atoms with Gasteiger partial charge in [-0.15, -0.1) is 0 Å². The summed E-state index contributed by atoms with van der Waals surface area (Å²) in [5.74, 6) is -3.65. The number of allylic oxidation sites excluding steroid dienone is 2. The average Bonchev–Trinajstić information content (AvgIpc) is 3.82. The van der Waals surface area contributed by atoms with Crippen LogP contribution in [0.15, 0.2) is 48.0 Å². The minimum absolute atomic E-state index is 0.00682. The maximum absolute atomic E-state index is 15.1. The highest BCUT2D eigenvalue weighted by Crippen LogP contribution is 2.66. The molecular weight excluding hydrogens is 692 g/mol. The SMILES string of the molecule is CC1=CCCC2(C)C(CCC2(O)CN(CC2CCCO2)C(=O)C23CCC(C)(C(=O)O2)C3(C)C)c2ccc(cc2C(=O)c2ccc(F)c(F)c2)CC(O)CC1. The van der Waals surface area contributed by atoms with Crippen molar-refractivity contribution in [2.24, 2.45) is 16.2 Å².